The van der Waals surface area contributed by atoms with E-state index < -0.39 is 26.7 Å². The molecule has 0 aliphatic rings. The van der Waals surface area contributed by atoms with E-state index in [0.29, 0.717) is 0 Å². The Morgan fingerprint density at radius 1 is 1.41 bits per heavy atom. The van der Waals surface area contributed by atoms with Crippen LogP contribution in [-0.4, -0.2) is 27.8 Å². The van der Waals surface area contributed by atoms with Crippen LogP contribution in [0.15, 0.2) is 15.1 Å². The fraction of sp³-hybridized carbons (Fsp3) is 0.200. The summed E-state index contributed by atoms with van der Waals surface area (Å²) in [5.74, 6) is -1.17. The van der Waals surface area contributed by atoms with Crippen molar-refractivity contribution in [1.29, 1.82) is 0 Å². The summed E-state index contributed by atoms with van der Waals surface area (Å²) in [6.45, 7) is 1.26. The number of hydrogen-bond acceptors (Lipinski definition) is 6. The molecule has 0 fully saturated rings. The molecule has 0 aliphatic carbocycles. The third-order valence-corrected chi connectivity index (χ3v) is 2.26. The van der Waals surface area contributed by atoms with Crippen molar-refractivity contribution in [2.45, 2.75) is 6.92 Å². The molecule has 1 N–H and O–H groups in total. The Bertz CT molecular complexity index is 647. The van der Waals surface area contributed by atoms with Crippen LogP contribution in [0.1, 0.15) is 11.3 Å². The monoisotopic (exact) mass is 289 g/mol. The van der Waals surface area contributed by atoms with E-state index in [1.807, 2.05) is 0 Å². The van der Waals surface area contributed by atoms with Gasteiger partial charge in [0.1, 0.15) is 5.76 Å². The highest BCUT2D eigenvalue weighted by atomic mass is 32.3. The predicted octanol–water partition coefficient (Wildman–Crippen LogP) is -0.252. The lowest BCUT2D eigenvalue weighted by Crippen LogP contribution is -2.29. The van der Waals surface area contributed by atoms with Crippen LogP contribution in [0.3, 0.4) is 0 Å². The molecule has 0 unspecified atom stereocenters. The molecule has 0 aromatic carbocycles. The number of aromatic nitrogens is 1. The van der Waals surface area contributed by atoms with Crippen molar-refractivity contribution in [2.24, 2.45) is 4.40 Å². The van der Waals surface area contributed by atoms with E-state index in [1.54, 1.807) is 0 Å². The number of halogens is 2. The third-order valence-electron chi connectivity index (χ3n) is 1.42. The maximum atomic E-state index is 12.3. The average Bonchev–Trinajstić information content (AvgIpc) is 2.44. The molecule has 1 aromatic heterocycles. The fourth-order valence-corrected chi connectivity index (χ4v) is 1.68. The van der Waals surface area contributed by atoms with Gasteiger partial charge in [0, 0.05) is 0 Å². The van der Waals surface area contributed by atoms with Crippen molar-refractivity contribution in [3.63, 3.8) is 0 Å². The Hall–Kier alpha value is -1.56. The van der Waals surface area contributed by atoms with Gasteiger partial charge in [-0.2, -0.15) is 16.8 Å². The van der Waals surface area contributed by atoms with E-state index in [4.69, 9.17) is 0 Å². The van der Waals surface area contributed by atoms with Crippen molar-refractivity contribution in [3.05, 3.63) is 17.5 Å². The van der Waals surface area contributed by atoms with Crippen LogP contribution in [0.25, 0.3) is 0 Å². The Balaban J connectivity index is 3.32. The van der Waals surface area contributed by atoms with Gasteiger partial charge < -0.3 is 4.52 Å². The van der Waals surface area contributed by atoms with Crippen molar-refractivity contribution in [2.75, 3.05) is 0 Å². The van der Waals surface area contributed by atoms with Crippen molar-refractivity contribution >= 4 is 26.7 Å². The van der Waals surface area contributed by atoms with E-state index in [1.165, 1.54) is 6.92 Å². The van der Waals surface area contributed by atoms with Gasteiger partial charge in [-0.15, -0.1) is 4.40 Å². The summed E-state index contributed by atoms with van der Waals surface area (Å²) in [6.07, 6.45) is 0.845. The smallest absolute Gasteiger partial charge is 0.361 e. The van der Waals surface area contributed by atoms with Crippen LogP contribution in [0.2, 0.25) is 0 Å². The first kappa shape index (κ1) is 13.5. The lowest BCUT2D eigenvalue weighted by Gasteiger charge is -2.02. The number of hydrogen-bond donors (Lipinski definition) is 1. The molecule has 0 aliphatic heterocycles. The molecule has 1 aromatic rings. The summed E-state index contributed by atoms with van der Waals surface area (Å²) in [5, 5.41) is 3.17. The van der Waals surface area contributed by atoms with Gasteiger partial charge in [0.2, 0.25) is 0 Å². The molecule has 0 amide bonds. The lowest BCUT2D eigenvalue weighted by molar-refractivity contribution is 0.397. The first-order chi connectivity index (χ1) is 7.58. The van der Waals surface area contributed by atoms with Gasteiger partial charge >= 0.3 is 20.8 Å². The fourth-order valence-electron chi connectivity index (χ4n) is 0.873. The maximum absolute atomic E-state index is 12.3. The molecule has 0 saturated carbocycles. The Labute approximate surface area is 95.0 Å². The molecule has 1 rings (SSSR count). The van der Waals surface area contributed by atoms with Crippen LogP contribution in [-0.2, 0) is 20.8 Å². The highest BCUT2D eigenvalue weighted by Crippen LogP contribution is 2.09. The summed E-state index contributed by atoms with van der Waals surface area (Å²) >= 11 is 0. The van der Waals surface area contributed by atoms with Gasteiger partial charge in [0.15, 0.2) is 5.84 Å². The Morgan fingerprint density at radius 2 is 2.00 bits per heavy atom. The molecule has 1 heterocycles. The van der Waals surface area contributed by atoms with E-state index in [9.17, 15) is 24.6 Å². The Kier molecular flexibility index (Phi) is 3.47. The number of nitrogens with one attached hydrogen (secondary N) is 1. The molecule has 0 atom stereocenters. The molecular weight excluding hydrogens is 284 g/mol. The zero-order chi connectivity index (χ0) is 13.3. The molecule has 8 nitrogen and oxygen atoms in total. The lowest BCUT2D eigenvalue weighted by atomic mass is 10.3. The molecule has 0 bridgehead atoms. The van der Waals surface area contributed by atoms with Crippen LogP contribution >= 0.6 is 0 Å². The van der Waals surface area contributed by atoms with Crippen molar-refractivity contribution in [3.8, 4) is 0 Å². The molecule has 17 heavy (non-hydrogen) atoms. The van der Waals surface area contributed by atoms with Crippen molar-refractivity contribution < 1.29 is 29.1 Å². The van der Waals surface area contributed by atoms with Gasteiger partial charge in [0.25, 0.3) is 0 Å². The molecule has 0 radical (unpaired) electrons. The first-order valence-electron chi connectivity index (χ1n) is 3.77. The maximum Gasteiger partial charge on any atom is 0.419 e. The summed E-state index contributed by atoms with van der Waals surface area (Å²) < 4.78 is 73.8. The molecule has 0 spiro atoms. The van der Waals surface area contributed by atoms with Gasteiger partial charge in [-0.05, 0) is 6.92 Å². The zero-order valence-electron chi connectivity index (χ0n) is 8.09. The largest absolute Gasteiger partial charge is 0.419 e. The molecule has 96 valence electrons. The van der Waals surface area contributed by atoms with Gasteiger partial charge in [0.05, 0.1) is 11.8 Å². The van der Waals surface area contributed by atoms with Crippen LogP contribution in [0.5, 0.6) is 0 Å². The minimum absolute atomic E-state index is 0.0800. The second-order valence-corrected chi connectivity index (χ2v) is 4.77. The predicted molar refractivity (Wildman–Crippen MR) is 51.0 cm³/mol. The van der Waals surface area contributed by atoms with E-state index in [0.717, 1.165) is 10.9 Å². The second-order valence-electron chi connectivity index (χ2n) is 2.69. The summed E-state index contributed by atoms with van der Waals surface area (Å²) in [4.78, 5) is 0. The van der Waals surface area contributed by atoms with Crippen LogP contribution in [0.4, 0.5) is 7.77 Å². The minimum Gasteiger partial charge on any atom is -0.361 e. The Morgan fingerprint density at radius 3 is 2.35 bits per heavy atom. The van der Waals surface area contributed by atoms with Crippen LogP contribution in [0, 0.1) is 6.92 Å². The normalized spacial score (nSPS) is 13.7. The number of amidine groups is 1. The van der Waals surface area contributed by atoms with E-state index in [-0.39, 0.29) is 11.3 Å². The van der Waals surface area contributed by atoms with E-state index in [2.05, 4.69) is 14.1 Å². The first-order valence-corrected chi connectivity index (χ1v) is 6.49. The van der Waals surface area contributed by atoms with Crippen LogP contribution < -0.4 is 4.72 Å². The SMILES string of the molecule is Cc1oncc1/C(=N\S(=O)(=O)F)NS(=O)(=O)F. The van der Waals surface area contributed by atoms with Crippen molar-refractivity contribution in [1.82, 2.24) is 9.88 Å². The highest BCUT2D eigenvalue weighted by Gasteiger charge is 2.20. The highest BCUT2D eigenvalue weighted by molar-refractivity contribution is 7.86. The molecule has 12 heteroatoms. The second kappa shape index (κ2) is 4.37. The number of rotatable bonds is 3. The van der Waals surface area contributed by atoms with Gasteiger partial charge in [-0.25, -0.2) is 4.72 Å². The average molecular weight is 289 g/mol. The van der Waals surface area contributed by atoms with Gasteiger partial charge in [-0.1, -0.05) is 12.9 Å². The summed E-state index contributed by atoms with van der Waals surface area (Å²) in [7, 11) is -10.7. The molecular formula is C5H5F2N3O5S2. The molecule has 0 saturated heterocycles. The quantitative estimate of drug-likeness (QED) is 0.465. The topological polar surface area (TPSA) is 119 Å². The van der Waals surface area contributed by atoms with E-state index >= 15 is 0 Å². The summed E-state index contributed by atoms with van der Waals surface area (Å²) in [5.41, 5.74) is -0.313. The minimum atomic E-state index is -5.41. The zero-order valence-corrected chi connectivity index (χ0v) is 9.72. The summed E-state index contributed by atoms with van der Waals surface area (Å²) in [6, 6.07) is 0. The third kappa shape index (κ3) is 4.44. The van der Waals surface area contributed by atoms with Gasteiger partial charge in [-0.3, -0.25) is 0 Å². The standard InChI is InChI=1S/C5H5F2N3O5S2/c1-3-4(2-8-15-3)5(9-16(6,11)12)10-17(7,13)14/h2H,1H3,(H,9,10). The number of nitrogens with zero attached hydrogens (tertiary/aromatic N) is 2. The number of aryl methyl sites for hydroxylation is 1.